The minimum Gasteiger partial charge on any atom is -0.348 e. The van der Waals surface area contributed by atoms with E-state index in [1.165, 1.54) is 16.9 Å². The molecule has 3 heterocycles. The Balaban J connectivity index is 1.67. The molecular formula is C18H19N3O2S. The van der Waals surface area contributed by atoms with E-state index in [0.29, 0.717) is 12.8 Å². The van der Waals surface area contributed by atoms with E-state index in [9.17, 15) is 9.59 Å². The number of anilines is 1. The van der Waals surface area contributed by atoms with Crippen LogP contribution in [-0.4, -0.2) is 42.3 Å². The summed E-state index contributed by atoms with van der Waals surface area (Å²) in [5.41, 5.74) is 5.45. The number of rotatable bonds is 3. The molecule has 0 atom stereocenters. The van der Waals surface area contributed by atoms with E-state index in [4.69, 9.17) is 0 Å². The Morgan fingerprint density at radius 2 is 2.12 bits per heavy atom. The second-order valence-electron chi connectivity index (χ2n) is 6.56. The third-order valence-electron chi connectivity index (χ3n) is 4.66. The molecule has 0 radical (unpaired) electrons. The fourth-order valence-corrected chi connectivity index (χ4v) is 4.23. The summed E-state index contributed by atoms with van der Waals surface area (Å²) in [6, 6.07) is 4.25. The molecule has 4 rings (SSSR count). The average Bonchev–Trinajstić information content (AvgIpc) is 3.14. The third kappa shape index (κ3) is 2.51. The van der Waals surface area contributed by atoms with Gasteiger partial charge in [-0.05, 0) is 36.1 Å². The van der Waals surface area contributed by atoms with Gasteiger partial charge in [-0.2, -0.15) is 0 Å². The van der Waals surface area contributed by atoms with E-state index in [-0.39, 0.29) is 11.8 Å². The summed E-state index contributed by atoms with van der Waals surface area (Å²) in [5.74, 6) is 0.264. The third-order valence-corrected chi connectivity index (χ3v) is 5.51. The molecule has 2 aromatic rings. The summed E-state index contributed by atoms with van der Waals surface area (Å²) in [4.78, 5) is 32.1. The number of hydrogen-bond acceptors (Lipinski definition) is 4. The van der Waals surface area contributed by atoms with Gasteiger partial charge < -0.3 is 9.80 Å². The van der Waals surface area contributed by atoms with Crippen molar-refractivity contribution < 1.29 is 9.59 Å². The highest BCUT2D eigenvalue weighted by atomic mass is 32.1. The van der Waals surface area contributed by atoms with E-state index >= 15 is 0 Å². The first-order chi connectivity index (χ1) is 11.5. The van der Waals surface area contributed by atoms with Crippen molar-refractivity contribution in [1.82, 2.24) is 9.88 Å². The van der Waals surface area contributed by atoms with E-state index in [1.807, 2.05) is 10.3 Å². The van der Waals surface area contributed by atoms with Gasteiger partial charge in [0, 0.05) is 31.6 Å². The van der Waals surface area contributed by atoms with E-state index in [0.717, 1.165) is 46.9 Å². The quantitative estimate of drug-likeness (QED) is 0.861. The molecule has 2 aliphatic heterocycles. The summed E-state index contributed by atoms with van der Waals surface area (Å²) in [5, 5.41) is 2.83. The van der Waals surface area contributed by atoms with Crippen LogP contribution in [0.1, 0.15) is 22.6 Å². The molecule has 0 N–H and O–H groups in total. The number of thiazole rings is 1. The summed E-state index contributed by atoms with van der Waals surface area (Å²) >= 11 is 1.52. The van der Waals surface area contributed by atoms with E-state index < -0.39 is 0 Å². The Hall–Kier alpha value is -2.21. The van der Waals surface area contributed by atoms with E-state index in [1.54, 1.807) is 19.0 Å². The first kappa shape index (κ1) is 15.3. The van der Waals surface area contributed by atoms with Gasteiger partial charge >= 0.3 is 0 Å². The van der Waals surface area contributed by atoms with Crippen molar-refractivity contribution in [1.29, 1.82) is 0 Å². The maximum Gasteiger partial charge on any atom is 0.231 e. The molecule has 0 saturated heterocycles. The molecule has 0 bridgehead atoms. The average molecular weight is 341 g/mol. The van der Waals surface area contributed by atoms with Crippen LogP contribution in [0.4, 0.5) is 5.69 Å². The number of carbonyl (C=O) groups is 2. The van der Waals surface area contributed by atoms with Crippen molar-refractivity contribution in [2.75, 3.05) is 25.5 Å². The molecule has 0 spiro atoms. The standard InChI is InChI=1S/C18H19N3O2S/c1-20(2)16(22)9-15-19-14(10-24-15)12-6-11-4-3-5-21-17(23)8-13(7-12)18(11)21/h6-7,10H,3-5,8-9H2,1-2H3. The second kappa shape index (κ2) is 5.70. The molecule has 0 unspecified atom stereocenters. The maximum absolute atomic E-state index is 12.2. The van der Waals surface area contributed by atoms with Crippen LogP contribution in [0.5, 0.6) is 0 Å². The van der Waals surface area contributed by atoms with Crippen LogP contribution in [0, 0.1) is 0 Å². The summed E-state index contributed by atoms with van der Waals surface area (Å²) in [6.07, 6.45) is 2.85. The lowest BCUT2D eigenvalue weighted by atomic mass is 9.96. The molecule has 5 nitrogen and oxygen atoms in total. The van der Waals surface area contributed by atoms with Crippen LogP contribution in [0.3, 0.4) is 0 Å². The van der Waals surface area contributed by atoms with Crippen LogP contribution in [0.2, 0.25) is 0 Å². The molecule has 0 fully saturated rings. The number of amides is 2. The Kier molecular flexibility index (Phi) is 3.64. The summed E-state index contributed by atoms with van der Waals surface area (Å²) in [7, 11) is 3.51. The molecule has 1 aromatic carbocycles. The highest BCUT2D eigenvalue weighted by Crippen LogP contribution is 2.39. The van der Waals surface area contributed by atoms with Gasteiger partial charge in [0.25, 0.3) is 0 Å². The Labute approximate surface area is 144 Å². The molecule has 0 aliphatic carbocycles. The SMILES string of the molecule is CN(C)C(=O)Cc1nc(-c2cc3c4c(c2)CC(=O)N4CCC3)cs1. The molecule has 24 heavy (non-hydrogen) atoms. The van der Waals surface area contributed by atoms with Gasteiger partial charge in [-0.15, -0.1) is 11.3 Å². The molecule has 2 amide bonds. The van der Waals surface area contributed by atoms with Crippen LogP contribution in [0.25, 0.3) is 11.3 Å². The lowest BCUT2D eigenvalue weighted by molar-refractivity contribution is -0.128. The molecule has 6 heteroatoms. The molecule has 1 aromatic heterocycles. The van der Waals surface area contributed by atoms with E-state index in [2.05, 4.69) is 17.1 Å². The predicted octanol–water partition coefficient (Wildman–Crippen LogP) is 2.28. The monoisotopic (exact) mass is 341 g/mol. The molecule has 0 saturated carbocycles. The Morgan fingerprint density at radius 1 is 1.33 bits per heavy atom. The van der Waals surface area contributed by atoms with Gasteiger partial charge in [0.15, 0.2) is 0 Å². The van der Waals surface area contributed by atoms with Gasteiger partial charge in [-0.3, -0.25) is 9.59 Å². The van der Waals surface area contributed by atoms with Crippen molar-refractivity contribution in [3.05, 3.63) is 33.6 Å². The number of aromatic nitrogens is 1. The van der Waals surface area contributed by atoms with Gasteiger partial charge in [-0.25, -0.2) is 4.98 Å². The maximum atomic E-state index is 12.2. The van der Waals surface area contributed by atoms with Crippen LogP contribution in [0.15, 0.2) is 17.5 Å². The highest BCUT2D eigenvalue weighted by Gasteiger charge is 2.32. The minimum absolute atomic E-state index is 0.0567. The first-order valence-electron chi connectivity index (χ1n) is 8.14. The van der Waals surface area contributed by atoms with Crippen molar-refractivity contribution in [2.24, 2.45) is 0 Å². The number of likely N-dealkylation sites (N-methyl/N-ethyl adjacent to an activating group) is 1. The van der Waals surface area contributed by atoms with Gasteiger partial charge in [0.1, 0.15) is 5.01 Å². The van der Waals surface area contributed by atoms with Crippen LogP contribution < -0.4 is 4.90 Å². The lowest BCUT2D eigenvalue weighted by Gasteiger charge is -2.25. The van der Waals surface area contributed by atoms with Gasteiger partial charge in [0.05, 0.1) is 24.2 Å². The van der Waals surface area contributed by atoms with Crippen molar-refractivity contribution in [2.45, 2.75) is 25.7 Å². The first-order valence-corrected chi connectivity index (χ1v) is 9.02. The summed E-state index contributed by atoms with van der Waals surface area (Å²) in [6.45, 7) is 0.839. The normalized spacial score (nSPS) is 15.6. The largest absolute Gasteiger partial charge is 0.348 e. The predicted molar refractivity (Wildman–Crippen MR) is 94.3 cm³/mol. The Bertz CT molecular complexity index is 841. The van der Waals surface area contributed by atoms with Crippen molar-refractivity contribution >= 4 is 28.8 Å². The lowest BCUT2D eigenvalue weighted by Crippen LogP contribution is -2.31. The zero-order valence-corrected chi connectivity index (χ0v) is 14.7. The zero-order chi connectivity index (χ0) is 16.8. The van der Waals surface area contributed by atoms with Gasteiger partial charge in [-0.1, -0.05) is 0 Å². The fourth-order valence-electron chi connectivity index (χ4n) is 3.44. The summed E-state index contributed by atoms with van der Waals surface area (Å²) < 4.78 is 0. The fraction of sp³-hybridized carbons (Fsp3) is 0.389. The van der Waals surface area contributed by atoms with Crippen LogP contribution >= 0.6 is 11.3 Å². The number of aryl methyl sites for hydroxylation is 1. The smallest absolute Gasteiger partial charge is 0.231 e. The topological polar surface area (TPSA) is 53.5 Å². The molecular weight excluding hydrogens is 322 g/mol. The van der Waals surface area contributed by atoms with Crippen LogP contribution in [-0.2, 0) is 28.9 Å². The van der Waals surface area contributed by atoms with Gasteiger partial charge in [0.2, 0.25) is 11.8 Å². The number of hydrogen-bond donors (Lipinski definition) is 0. The number of nitrogens with zero attached hydrogens (tertiary/aromatic N) is 3. The Morgan fingerprint density at radius 3 is 2.92 bits per heavy atom. The zero-order valence-electron chi connectivity index (χ0n) is 13.8. The number of benzene rings is 1. The molecule has 124 valence electrons. The minimum atomic E-state index is 0.0567. The molecule has 2 aliphatic rings. The number of carbonyl (C=O) groups excluding carboxylic acids is 2. The van der Waals surface area contributed by atoms with Crippen molar-refractivity contribution in [3.63, 3.8) is 0 Å². The second-order valence-corrected chi connectivity index (χ2v) is 7.50. The highest BCUT2D eigenvalue weighted by molar-refractivity contribution is 7.10. The van der Waals surface area contributed by atoms with Crippen molar-refractivity contribution in [3.8, 4) is 11.3 Å².